The topological polar surface area (TPSA) is 71.5 Å². The number of hydrogen-bond acceptors (Lipinski definition) is 4. The number of nitrogens with one attached hydrogen (secondary N) is 1. The van der Waals surface area contributed by atoms with Gasteiger partial charge in [0.25, 0.3) is 5.91 Å². The normalized spacial score (nSPS) is 17.5. The van der Waals surface area contributed by atoms with Crippen molar-refractivity contribution < 1.29 is 14.3 Å². The van der Waals surface area contributed by atoms with E-state index in [0.29, 0.717) is 12.1 Å². The maximum Gasteiger partial charge on any atom is 0.414 e. The van der Waals surface area contributed by atoms with Crippen LogP contribution in [-0.2, 0) is 11.3 Å². The van der Waals surface area contributed by atoms with Gasteiger partial charge in [-0.15, -0.1) is 0 Å². The van der Waals surface area contributed by atoms with Gasteiger partial charge in [-0.3, -0.25) is 14.7 Å². The Hall–Kier alpha value is -3.93. The Balaban J connectivity index is 1.38. The molecule has 0 bridgehead atoms. The summed E-state index contributed by atoms with van der Waals surface area (Å²) >= 11 is 0. The number of carbonyl (C=O) groups is 2. The third-order valence-electron chi connectivity index (χ3n) is 5.90. The number of rotatable bonds is 5. The molecule has 168 valence electrons. The highest BCUT2D eigenvalue weighted by atomic mass is 16.6. The summed E-state index contributed by atoms with van der Waals surface area (Å²) in [6.07, 6.45) is 6.76. The number of aryl methyl sites for hydroxylation is 1. The van der Waals surface area contributed by atoms with Gasteiger partial charge in [0, 0.05) is 42.3 Å². The van der Waals surface area contributed by atoms with Crippen molar-refractivity contribution in [2.75, 3.05) is 11.9 Å². The van der Waals surface area contributed by atoms with E-state index in [1.807, 2.05) is 67.6 Å². The molecule has 4 rings (SSSR count). The van der Waals surface area contributed by atoms with E-state index in [0.717, 1.165) is 22.4 Å². The fourth-order valence-corrected chi connectivity index (χ4v) is 3.90. The van der Waals surface area contributed by atoms with Crippen LogP contribution < -0.4 is 5.32 Å². The predicted octanol–water partition coefficient (Wildman–Crippen LogP) is 5.53. The van der Waals surface area contributed by atoms with Crippen molar-refractivity contribution in [3.8, 4) is 0 Å². The van der Waals surface area contributed by atoms with Crippen LogP contribution in [0.3, 0.4) is 0 Å². The summed E-state index contributed by atoms with van der Waals surface area (Å²) in [5.74, 6) is 0.235. The van der Waals surface area contributed by atoms with Gasteiger partial charge in [-0.25, -0.2) is 4.79 Å². The number of aromatic nitrogens is 1. The van der Waals surface area contributed by atoms with Crippen molar-refractivity contribution in [1.82, 2.24) is 9.88 Å². The minimum absolute atomic E-state index is 0.131. The summed E-state index contributed by atoms with van der Waals surface area (Å²) in [5, 5.41) is 2.93. The molecule has 0 saturated heterocycles. The minimum Gasteiger partial charge on any atom is -0.444 e. The maximum atomic E-state index is 12.6. The van der Waals surface area contributed by atoms with E-state index >= 15 is 0 Å². The second kappa shape index (κ2) is 10.1. The Morgan fingerprint density at radius 2 is 1.85 bits per heavy atom. The minimum atomic E-state index is -0.358. The van der Waals surface area contributed by atoms with Gasteiger partial charge in [0.15, 0.2) is 0 Å². The molecule has 0 aliphatic carbocycles. The van der Waals surface area contributed by atoms with E-state index in [-0.39, 0.29) is 30.4 Å². The summed E-state index contributed by atoms with van der Waals surface area (Å²) in [5.41, 5.74) is 4.21. The first-order valence-corrected chi connectivity index (χ1v) is 11.0. The summed E-state index contributed by atoms with van der Waals surface area (Å²) < 4.78 is 5.49. The standard InChI is InChI=1S/C27H27N3O3/c1-19-13-15-30(27(32)33-18-21-6-4-3-5-7-21)17-25(19)22-8-10-23(11-9-22)29-26(31)24-12-14-28-16-20(24)2/h3-16,19,25H,17-18H2,1-2H3,(H,29,31). The second-order valence-electron chi connectivity index (χ2n) is 8.27. The summed E-state index contributed by atoms with van der Waals surface area (Å²) in [4.78, 5) is 30.8. The average molecular weight is 442 g/mol. The lowest BCUT2D eigenvalue weighted by Gasteiger charge is -2.32. The van der Waals surface area contributed by atoms with Gasteiger partial charge >= 0.3 is 6.09 Å². The van der Waals surface area contributed by atoms with Crippen molar-refractivity contribution in [1.29, 1.82) is 0 Å². The van der Waals surface area contributed by atoms with Crippen LogP contribution in [-0.4, -0.2) is 28.4 Å². The lowest BCUT2D eigenvalue weighted by Crippen LogP contribution is -2.35. The molecule has 0 spiro atoms. The van der Waals surface area contributed by atoms with Crippen LogP contribution in [0.15, 0.2) is 85.3 Å². The zero-order valence-corrected chi connectivity index (χ0v) is 18.8. The smallest absolute Gasteiger partial charge is 0.414 e. The number of nitrogens with zero attached hydrogens (tertiary/aromatic N) is 2. The number of hydrogen-bond donors (Lipinski definition) is 1. The largest absolute Gasteiger partial charge is 0.444 e. The molecule has 2 amide bonds. The van der Waals surface area contributed by atoms with Crippen molar-refractivity contribution in [3.05, 3.63) is 108 Å². The Labute approximate surface area is 193 Å². The van der Waals surface area contributed by atoms with Gasteiger partial charge in [0.2, 0.25) is 0 Å². The zero-order chi connectivity index (χ0) is 23.2. The molecule has 2 aromatic carbocycles. The van der Waals surface area contributed by atoms with Crippen molar-refractivity contribution in [2.45, 2.75) is 26.4 Å². The predicted molar refractivity (Wildman–Crippen MR) is 128 cm³/mol. The Bertz CT molecular complexity index is 1140. The first-order chi connectivity index (χ1) is 16.0. The number of carbonyl (C=O) groups excluding carboxylic acids is 2. The van der Waals surface area contributed by atoms with E-state index in [1.54, 1.807) is 29.6 Å². The molecule has 33 heavy (non-hydrogen) atoms. The number of anilines is 1. The molecule has 6 nitrogen and oxygen atoms in total. The van der Waals surface area contributed by atoms with E-state index < -0.39 is 0 Å². The maximum absolute atomic E-state index is 12.6. The Morgan fingerprint density at radius 3 is 2.58 bits per heavy atom. The van der Waals surface area contributed by atoms with Gasteiger partial charge in [-0.1, -0.05) is 55.5 Å². The number of benzene rings is 2. The summed E-state index contributed by atoms with van der Waals surface area (Å²) in [6, 6.07) is 19.1. The Morgan fingerprint density at radius 1 is 1.09 bits per heavy atom. The average Bonchev–Trinajstić information content (AvgIpc) is 2.84. The fraction of sp³-hybridized carbons (Fsp3) is 0.222. The molecular formula is C27H27N3O3. The van der Waals surface area contributed by atoms with E-state index in [4.69, 9.17) is 4.74 Å². The van der Waals surface area contributed by atoms with Crippen molar-refractivity contribution in [2.24, 2.45) is 5.92 Å². The highest BCUT2D eigenvalue weighted by molar-refractivity contribution is 6.05. The van der Waals surface area contributed by atoms with E-state index in [2.05, 4.69) is 17.2 Å². The molecule has 0 radical (unpaired) electrons. The molecule has 1 aliphatic rings. The molecule has 2 atom stereocenters. The van der Waals surface area contributed by atoms with Gasteiger partial charge in [0.1, 0.15) is 6.61 Å². The summed E-state index contributed by atoms with van der Waals surface area (Å²) in [6.45, 7) is 4.78. The number of ether oxygens (including phenoxy) is 1. The van der Waals surface area contributed by atoms with Crippen LogP contribution in [0.5, 0.6) is 0 Å². The molecule has 1 aliphatic heterocycles. The first kappa shape index (κ1) is 22.3. The molecule has 1 aromatic heterocycles. The highest BCUT2D eigenvalue weighted by Gasteiger charge is 2.27. The van der Waals surface area contributed by atoms with Gasteiger partial charge in [-0.05, 0) is 47.7 Å². The molecule has 3 aromatic rings. The fourth-order valence-electron chi connectivity index (χ4n) is 3.90. The second-order valence-corrected chi connectivity index (χ2v) is 8.27. The SMILES string of the molecule is Cc1cnccc1C(=O)Nc1ccc(C2CN(C(=O)OCc3ccccc3)C=CC2C)cc1. The van der Waals surface area contributed by atoms with Gasteiger partial charge in [0.05, 0.1) is 0 Å². The molecule has 1 N–H and O–H groups in total. The molecule has 2 heterocycles. The van der Waals surface area contributed by atoms with E-state index in [1.165, 1.54) is 0 Å². The Kier molecular flexibility index (Phi) is 6.83. The number of pyridine rings is 1. The van der Waals surface area contributed by atoms with Crippen LogP contribution in [0.4, 0.5) is 10.5 Å². The monoisotopic (exact) mass is 441 g/mol. The lowest BCUT2D eigenvalue weighted by atomic mass is 9.85. The molecule has 0 fully saturated rings. The molecule has 2 unspecified atom stereocenters. The zero-order valence-electron chi connectivity index (χ0n) is 18.8. The van der Waals surface area contributed by atoms with Crippen LogP contribution >= 0.6 is 0 Å². The summed E-state index contributed by atoms with van der Waals surface area (Å²) in [7, 11) is 0. The quantitative estimate of drug-likeness (QED) is 0.565. The van der Waals surface area contributed by atoms with Crippen LogP contribution in [0.2, 0.25) is 0 Å². The van der Waals surface area contributed by atoms with Crippen LogP contribution in [0, 0.1) is 12.8 Å². The lowest BCUT2D eigenvalue weighted by molar-refractivity contribution is 0.102. The third-order valence-corrected chi connectivity index (χ3v) is 5.90. The molecule has 6 heteroatoms. The number of allylic oxidation sites excluding steroid dienone is 1. The van der Waals surface area contributed by atoms with Crippen molar-refractivity contribution >= 4 is 17.7 Å². The third kappa shape index (κ3) is 5.47. The van der Waals surface area contributed by atoms with E-state index in [9.17, 15) is 9.59 Å². The van der Waals surface area contributed by atoms with Gasteiger partial charge < -0.3 is 10.1 Å². The van der Waals surface area contributed by atoms with Gasteiger partial charge in [-0.2, -0.15) is 0 Å². The molecular weight excluding hydrogens is 414 g/mol. The van der Waals surface area contributed by atoms with Crippen LogP contribution in [0.1, 0.15) is 39.9 Å². The highest BCUT2D eigenvalue weighted by Crippen LogP contribution is 2.31. The van der Waals surface area contributed by atoms with Crippen molar-refractivity contribution in [3.63, 3.8) is 0 Å². The number of amides is 2. The first-order valence-electron chi connectivity index (χ1n) is 11.0. The van der Waals surface area contributed by atoms with Crippen LogP contribution in [0.25, 0.3) is 0 Å². The molecule has 0 saturated carbocycles.